The lowest BCUT2D eigenvalue weighted by Gasteiger charge is -2.25. The SMILES string of the molecule is CC1CCN(C(=O)CCCO)C1CO. The summed E-state index contributed by atoms with van der Waals surface area (Å²) in [6.07, 6.45) is 1.87. The van der Waals surface area contributed by atoms with Crippen LogP contribution in [0.1, 0.15) is 26.2 Å². The fourth-order valence-corrected chi connectivity index (χ4v) is 1.97. The molecule has 1 saturated heterocycles. The molecule has 2 N–H and O–H groups in total. The number of carbonyl (C=O) groups is 1. The number of likely N-dealkylation sites (tertiary alicyclic amines) is 1. The van der Waals surface area contributed by atoms with Gasteiger partial charge in [-0.25, -0.2) is 0 Å². The number of hydrogen-bond acceptors (Lipinski definition) is 3. The number of carbonyl (C=O) groups excluding carboxylic acids is 1. The van der Waals surface area contributed by atoms with Crippen LogP contribution in [-0.2, 0) is 4.79 Å². The number of aliphatic hydroxyl groups excluding tert-OH is 2. The summed E-state index contributed by atoms with van der Waals surface area (Å²) >= 11 is 0. The van der Waals surface area contributed by atoms with E-state index in [0.717, 1.165) is 13.0 Å². The summed E-state index contributed by atoms with van der Waals surface area (Å²) in [7, 11) is 0. The second-order valence-corrected chi connectivity index (χ2v) is 3.93. The predicted octanol–water partition coefficient (Wildman–Crippen LogP) is -0.0118. The Morgan fingerprint density at radius 3 is 2.79 bits per heavy atom. The number of rotatable bonds is 4. The van der Waals surface area contributed by atoms with E-state index in [1.807, 2.05) is 0 Å². The van der Waals surface area contributed by atoms with Crippen molar-refractivity contribution in [2.24, 2.45) is 5.92 Å². The topological polar surface area (TPSA) is 60.8 Å². The van der Waals surface area contributed by atoms with Gasteiger partial charge in [0.2, 0.25) is 5.91 Å². The lowest BCUT2D eigenvalue weighted by Crippen LogP contribution is -2.39. The van der Waals surface area contributed by atoms with Crippen LogP contribution in [0, 0.1) is 5.92 Å². The zero-order valence-corrected chi connectivity index (χ0v) is 8.65. The minimum Gasteiger partial charge on any atom is -0.396 e. The highest BCUT2D eigenvalue weighted by Crippen LogP contribution is 2.24. The first kappa shape index (κ1) is 11.5. The average molecular weight is 201 g/mol. The van der Waals surface area contributed by atoms with E-state index < -0.39 is 0 Å². The van der Waals surface area contributed by atoms with Gasteiger partial charge in [-0.3, -0.25) is 4.79 Å². The van der Waals surface area contributed by atoms with Gasteiger partial charge >= 0.3 is 0 Å². The number of aliphatic hydroxyl groups is 2. The number of amides is 1. The van der Waals surface area contributed by atoms with Crippen LogP contribution >= 0.6 is 0 Å². The van der Waals surface area contributed by atoms with Gasteiger partial charge in [-0.2, -0.15) is 0 Å². The van der Waals surface area contributed by atoms with Crippen LogP contribution in [0.2, 0.25) is 0 Å². The zero-order chi connectivity index (χ0) is 10.6. The van der Waals surface area contributed by atoms with Crippen LogP contribution in [0.15, 0.2) is 0 Å². The van der Waals surface area contributed by atoms with Gasteiger partial charge in [-0.15, -0.1) is 0 Å². The molecule has 1 fully saturated rings. The Bertz CT molecular complexity index is 196. The van der Waals surface area contributed by atoms with Gasteiger partial charge in [-0.05, 0) is 18.8 Å². The van der Waals surface area contributed by atoms with Crippen molar-refractivity contribution in [3.63, 3.8) is 0 Å². The lowest BCUT2D eigenvalue weighted by atomic mass is 10.0. The minimum atomic E-state index is -0.0128. The molecule has 1 amide bonds. The van der Waals surface area contributed by atoms with Crippen LogP contribution in [0.5, 0.6) is 0 Å². The summed E-state index contributed by atoms with van der Waals surface area (Å²) in [5.74, 6) is 0.445. The molecule has 1 rings (SSSR count). The molecule has 0 aromatic carbocycles. The van der Waals surface area contributed by atoms with Gasteiger partial charge in [0.05, 0.1) is 12.6 Å². The van der Waals surface area contributed by atoms with E-state index in [9.17, 15) is 4.79 Å². The third-order valence-corrected chi connectivity index (χ3v) is 2.94. The maximum Gasteiger partial charge on any atom is 0.222 e. The molecule has 1 heterocycles. The number of nitrogens with zero attached hydrogens (tertiary/aromatic N) is 1. The second kappa shape index (κ2) is 5.32. The highest BCUT2D eigenvalue weighted by molar-refractivity contribution is 5.76. The van der Waals surface area contributed by atoms with E-state index >= 15 is 0 Å². The van der Waals surface area contributed by atoms with Crippen molar-refractivity contribution in [3.05, 3.63) is 0 Å². The van der Waals surface area contributed by atoms with Crippen LogP contribution in [0.3, 0.4) is 0 Å². The van der Waals surface area contributed by atoms with E-state index in [4.69, 9.17) is 10.2 Å². The number of hydrogen-bond donors (Lipinski definition) is 2. The molecule has 0 bridgehead atoms. The van der Waals surface area contributed by atoms with Crippen molar-refractivity contribution in [2.45, 2.75) is 32.2 Å². The highest BCUT2D eigenvalue weighted by atomic mass is 16.3. The van der Waals surface area contributed by atoms with Crippen molar-refractivity contribution in [2.75, 3.05) is 19.8 Å². The summed E-state index contributed by atoms with van der Waals surface area (Å²) in [5.41, 5.74) is 0. The molecular weight excluding hydrogens is 182 g/mol. The summed E-state index contributed by atoms with van der Waals surface area (Å²) in [6.45, 7) is 2.90. The van der Waals surface area contributed by atoms with Gasteiger partial charge in [0.15, 0.2) is 0 Å². The molecule has 2 atom stereocenters. The molecule has 4 nitrogen and oxygen atoms in total. The Morgan fingerprint density at radius 1 is 1.50 bits per heavy atom. The van der Waals surface area contributed by atoms with E-state index in [0.29, 0.717) is 18.8 Å². The second-order valence-electron chi connectivity index (χ2n) is 3.93. The van der Waals surface area contributed by atoms with Gasteiger partial charge < -0.3 is 15.1 Å². The van der Waals surface area contributed by atoms with Gasteiger partial charge in [0, 0.05) is 19.6 Å². The smallest absolute Gasteiger partial charge is 0.222 e. The Morgan fingerprint density at radius 2 is 2.21 bits per heavy atom. The highest BCUT2D eigenvalue weighted by Gasteiger charge is 2.33. The maximum absolute atomic E-state index is 11.6. The summed E-state index contributed by atoms with van der Waals surface area (Å²) in [4.78, 5) is 13.4. The zero-order valence-electron chi connectivity index (χ0n) is 8.65. The van der Waals surface area contributed by atoms with E-state index in [1.54, 1.807) is 4.90 Å². The van der Waals surface area contributed by atoms with Gasteiger partial charge in [0.25, 0.3) is 0 Å². The molecular formula is C10H19NO3. The Labute approximate surface area is 84.5 Å². The summed E-state index contributed by atoms with van der Waals surface area (Å²) in [6, 6.07) is -0.0128. The summed E-state index contributed by atoms with van der Waals surface area (Å²) in [5, 5.41) is 17.8. The Kier molecular flexibility index (Phi) is 4.35. The fourth-order valence-electron chi connectivity index (χ4n) is 1.97. The first-order valence-corrected chi connectivity index (χ1v) is 5.22. The van der Waals surface area contributed by atoms with Gasteiger partial charge in [0.1, 0.15) is 0 Å². The predicted molar refractivity (Wildman–Crippen MR) is 52.7 cm³/mol. The van der Waals surface area contributed by atoms with Crippen molar-refractivity contribution in [1.82, 2.24) is 4.90 Å². The third kappa shape index (κ3) is 2.45. The third-order valence-electron chi connectivity index (χ3n) is 2.94. The standard InChI is InChI=1S/C10H19NO3/c1-8-4-5-11(9(8)7-13)10(14)3-2-6-12/h8-9,12-13H,2-7H2,1H3. The van der Waals surface area contributed by atoms with Crippen molar-refractivity contribution >= 4 is 5.91 Å². The Balaban J connectivity index is 2.46. The summed E-state index contributed by atoms with van der Waals surface area (Å²) < 4.78 is 0. The molecule has 4 heteroatoms. The van der Waals surface area contributed by atoms with Crippen LogP contribution < -0.4 is 0 Å². The van der Waals surface area contributed by atoms with Crippen LogP contribution in [-0.4, -0.2) is 46.8 Å². The molecule has 0 spiro atoms. The van der Waals surface area contributed by atoms with E-state index in [1.165, 1.54) is 0 Å². The van der Waals surface area contributed by atoms with Crippen molar-refractivity contribution in [1.29, 1.82) is 0 Å². The molecule has 0 saturated carbocycles. The van der Waals surface area contributed by atoms with Gasteiger partial charge in [-0.1, -0.05) is 6.92 Å². The fraction of sp³-hybridized carbons (Fsp3) is 0.900. The van der Waals surface area contributed by atoms with Crippen molar-refractivity contribution < 1.29 is 15.0 Å². The van der Waals surface area contributed by atoms with Crippen molar-refractivity contribution in [3.8, 4) is 0 Å². The first-order chi connectivity index (χ1) is 6.70. The molecule has 0 aliphatic carbocycles. The maximum atomic E-state index is 11.6. The van der Waals surface area contributed by atoms with Crippen LogP contribution in [0.4, 0.5) is 0 Å². The molecule has 0 aromatic rings. The largest absolute Gasteiger partial charge is 0.396 e. The monoisotopic (exact) mass is 201 g/mol. The van der Waals surface area contributed by atoms with Crippen LogP contribution in [0.25, 0.3) is 0 Å². The Hall–Kier alpha value is -0.610. The molecule has 1 aliphatic heterocycles. The molecule has 0 radical (unpaired) electrons. The normalized spacial score (nSPS) is 26.9. The van der Waals surface area contributed by atoms with E-state index in [2.05, 4.69) is 6.92 Å². The molecule has 2 unspecified atom stereocenters. The average Bonchev–Trinajstić information content (AvgIpc) is 2.55. The quantitative estimate of drug-likeness (QED) is 0.672. The molecule has 1 aliphatic rings. The van der Waals surface area contributed by atoms with E-state index in [-0.39, 0.29) is 25.2 Å². The molecule has 14 heavy (non-hydrogen) atoms. The lowest BCUT2D eigenvalue weighted by molar-refractivity contribution is -0.133. The minimum absolute atomic E-state index is 0.0128. The first-order valence-electron chi connectivity index (χ1n) is 5.22. The molecule has 82 valence electrons. The molecule has 0 aromatic heterocycles.